The van der Waals surface area contributed by atoms with E-state index in [0.717, 1.165) is 39.2 Å². The van der Waals surface area contributed by atoms with E-state index in [-0.39, 0.29) is 16.8 Å². The maximum atomic E-state index is 12.2. The van der Waals surface area contributed by atoms with Crippen LogP contribution in [0.25, 0.3) is 11.1 Å². The van der Waals surface area contributed by atoms with E-state index in [1.54, 1.807) is 11.9 Å². The van der Waals surface area contributed by atoms with Crippen molar-refractivity contribution < 1.29 is 14.6 Å². The summed E-state index contributed by atoms with van der Waals surface area (Å²) >= 11 is 1.03. The molecule has 0 aliphatic heterocycles. The van der Waals surface area contributed by atoms with Gasteiger partial charge in [-0.15, -0.1) is 0 Å². The Hall–Kier alpha value is -3.06. The van der Waals surface area contributed by atoms with Gasteiger partial charge in [-0.05, 0) is 61.6 Å². The molecule has 1 aromatic heterocycles. The molecule has 2 N–H and O–H groups in total. The molecular formula is C24H28N2O4S. The smallest absolute Gasteiger partial charge is 0.410 e. The van der Waals surface area contributed by atoms with Crippen LogP contribution in [-0.4, -0.2) is 33.7 Å². The highest BCUT2D eigenvalue weighted by Gasteiger charge is 2.19. The second-order valence-electron chi connectivity index (χ2n) is 8.65. The minimum Gasteiger partial charge on any atom is -0.494 e. The average molecular weight is 441 g/mol. The fraction of sp³-hybridized carbons (Fsp3) is 0.333. The van der Waals surface area contributed by atoms with Gasteiger partial charge in [-0.3, -0.25) is 9.78 Å². The van der Waals surface area contributed by atoms with E-state index in [1.165, 1.54) is 0 Å². The SMILES string of the molecule is Cc1cc(Cc2sc(=O)[nH]c2O)ccc1-c1cccc(CN(C)C(=O)OC(C)(C)C)c1. The van der Waals surface area contributed by atoms with Gasteiger partial charge in [-0.25, -0.2) is 4.79 Å². The lowest BCUT2D eigenvalue weighted by atomic mass is 9.96. The monoisotopic (exact) mass is 440 g/mol. The fourth-order valence-corrected chi connectivity index (χ4v) is 4.09. The van der Waals surface area contributed by atoms with Crippen LogP contribution < -0.4 is 4.87 Å². The summed E-state index contributed by atoms with van der Waals surface area (Å²) in [4.78, 5) is 28.0. The number of aryl methyl sites for hydroxylation is 1. The molecule has 0 bridgehead atoms. The molecule has 0 spiro atoms. The number of carbonyl (C=O) groups is 1. The lowest BCUT2D eigenvalue weighted by molar-refractivity contribution is 0.0285. The molecule has 7 heteroatoms. The maximum Gasteiger partial charge on any atom is 0.410 e. The van der Waals surface area contributed by atoms with Gasteiger partial charge in [0.2, 0.25) is 5.88 Å². The number of ether oxygens (including phenoxy) is 1. The predicted octanol–water partition coefficient (Wildman–Crippen LogP) is 5.08. The Kier molecular flexibility index (Phi) is 6.55. The number of thiazole rings is 1. The molecule has 0 aliphatic carbocycles. The second-order valence-corrected chi connectivity index (χ2v) is 9.72. The van der Waals surface area contributed by atoms with Gasteiger partial charge >= 0.3 is 11.0 Å². The molecular weight excluding hydrogens is 412 g/mol. The first kappa shape index (κ1) is 22.6. The second kappa shape index (κ2) is 8.98. The molecule has 164 valence electrons. The molecule has 6 nitrogen and oxygen atoms in total. The van der Waals surface area contributed by atoms with Crippen molar-refractivity contribution >= 4 is 17.4 Å². The number of hydrogen-bond donors (Lipinski definition) is 2. The molecule has 1 amide bonds. The number of carbonyl (C=O) groups excluding carboxylic acids is 1. The number of aromatic amines is 1. The molecule has 0 unspecified atom stereocenters. The van der Waals surface area contributed by atoms with E-state index in [1.807, 2.05) is 58.0 Å². The fourth-order valence-electron chi connectivity index (χ4n) is 3.33. The molecule has 1 heterocycles. The van der Waals surface area contributed by atoms with Crippen molar-refractivity contribution in [1.29, 1.82) is 0 Å². The number of benzene rings is 2. The van der Waals surface area contributed by atoms with Crippen LogP contribution >= 0.6 is 11.3 Å². The highest BCUT2D eigenvalue weighted by Crippen LogP contribution is 2.28. The Bertz CT molecular complexity index is 1140. The van der Waals surface area contributed by atoms with Gasteiger partial charge in [0.1, 0.15) is 5.60 Å². The minimum atomic E-state index is -0.529. The van der Waals surface area contributed by atoms with E-state index in [4.69, 9.17) is 4.74 Å². The van der Waals surface area contributed by atoms with Gasteiger partial charge in [0.25, 0.3) is 0 Å². The molecule has 0 saturated carbocycles. The first-order valence-corrected chi connectivity index (χ1v) is 10.9. The van der Waals surface area contributed by atoms with Gasteiger partial charge in [0.15, 0.2) is 0 Å². The van der Waals surface area contributed by atoms with Crippen molar-refractivity contribution in [3.8, 4) is 17.0 Å². The standard InChI is InChI=1S/C24H28N2O4S/c1-15-11-16(13-20-21(27)25-22(28)31-20)9-10-19(15)18-8-6-7-17(12-18)14-26(5)23(29)30-24(2,3)4/h6-12,27H,13-14H2,1-5H3,(H,25,28). The van der Waals surface area contributed by atoms with Gasteiger partial charge in [-0.2, -0.15) is 0 Å². The largest absolute Gasteiger partial charge is 0.494 e. The van der Waals surface area contributed by atoms with E-state index in [2.05, 4.69) is 17.1 Å². The summed E-state index contributed by atoms with van der Waals surface area (Å²) in [6, 6.07) is 14.2. The zero-order valence-corrected chi connectivity index (χ0v) is 19.3. The van der Waals surface area contributed by atoms with Crippen LogP contribution in [0.15, 0.2) is 47.3 Å². The zero-order chi connectivity index (χ0) is 22.8. The van der Waals surface area contributed by atoms with Crippen LogP contribution in [-0.2, 0) is 17.7 Å². The molecule has 31 heavy (non-hydrogen) atoms. The molecule has 0 saturated heterocycles. The van der Waals surface area contributed by atoms with Crippen molar-refractivity contribution in [2.24, 2.45) is 0 Å². The Morgan fingerprint density at radius 2 is 1.90 bits per heavy atom. The highest BCUT2D eigenvalue weighted by atomic mass is 32.1. The van der Waals surface area contributed by atoms with E-state index in [9.17, 15) is 14.7 Å². The van der Waals surface area contributed by atoms with Crippen LogP contribution in [0.3, 0.4) is 0 Å². The number of rotatable bonds is 5. The number of aromatic nitrogens is 1. The van der Waals surface area contributed by atoms with Crippen molar-refractivity contribution in [1.82, 2.24) is 9.88 Å². The third-order valence-electron chi connectivity index (χ3n) is 4.72. The third kappa shape index (κ3) is 5.98. The van der Waals surface area contributed by atoms with Crippen molar-refractivity contribution in [2.45, 2.75) is 46.3 Å². The first-order chi connectivity index (χ1) is 14.5. The number of H-pyrrole nitrogens is 1. The molecule has 0 aliphatic rings. The molecule has 2 aromatic carbocycles. The van der Waals surface area contributed by atoms with Crippen LogP contribution in [0.1, 0.15) is 42.3 Å². The molecule has 0 atom stereocenters. The lowest BCUT2D eigenvalue weighted by Gasteiger charge is -2.24. The molecule has 0 radical (unpaired) electrons. The van der Waals surface area contributed by atoms with Gasteiger partial charge in [0.05, 0.1) is 4.88 Å². The van der Waals surface area contributed by atoms with Gasteiger partial charge in [-0.1, -0.05) is 47.7 Å². The Morgan fingerprint density at radius 1 is 1.16 bits per heavy atom. The zero-order valence-electron chi connectivity index (χ0n) is 18.5. The Morgan fingerprint density at radius 3 is 2.52 bits per heavy atom. The van der Waals surface area contributed by atoms with Crippen LogP contribution in [0.5, 0.6) is 5.88 Å². The number of nitrogens with one attached hydrogen (secondary N) is 1. The Labute approximate surface area is 186 Å². The van der Waals surface area contributed by atoms with E-state index in [0.29, 0.717) is 17.8 Å². The highest BCUT2D eigenvalue weighted by molar-refractivity contribution is 7.09. The van der Waals surface area contributed by atoms with Crippen LogP contribution in [0.4, 0.5) is 4.79 Å². The summed E-state index contributed by atoms with van der Waals surface area (Å²) in [7, 11) is 1.73. The number of hydrogen-bond acceptors (Lipinski definition) is 5. The lowest BCUT2D eigenvalue weighted by Crippen LogP contribution is -2.33. The summed E-state index contributed by atoms with van der Waals surface area (Å²) in [6.07, 6.45) is 0.144. The topological polar surface area (TPSA) is 82.6 Å². The quantitative estimate of drug-likeness (QED) is 0.580. The molecule has 3 rings (SSSR count). The summed E-state index contributed by atoms with van der Waals surface area (Å²) in [5, 5.41) is 9.82. The van der Waals surface area contributed by atoms with Crippen molar-refractivity contribution in [2.75, 3.05) is 7.05 Å². The van der Waals surface area contributed by atoms with Gasteiger partial charge < -0.3 is 14.7 Å². The molecule has 3 aromatic rings. The van der Waals surface area contributed by atoms with Crippen LogP contribution in [0, 0.1) is 6.92 Å². The Balaban J connectivity index is 1.76. The van der Waals surface area contributed by atoms with Crippen molar-refractivity contribution in [3.63, 3.8) is 0 Å². The molecule has 0 fully saturated rings. The summed E-state index contributed by atoms with van der Waals surface area (Å²) < 4.78 is 5.43. The summed E-state index contributed by atoms with van der Waals surface area (Å²) in [5.41, 5.74) is 4.76. The minimum absolute atomic E-state index is 0.0569. The van der Waals surface area contributed by atoms with Gasteiger partial charge in [0, 0.05) is 20.0 Å². The number of nitrogens with zero attached hydrogens (tertiary/aromatic N) is 1. The van der Waals surface area contributed by atoms with Crippen molar-refractivity contribution in [3.05, 3.63) is 73.7 Å². The predicted molar refractivity (Wildman–Crippen MR) is 124 cm³/mol. The van der Waals surface area contributed by atoms with E-state index < -0.39 is 5.60 Å². The number of aromatic hydroxyl groups is 1. The summed E-state index contributed by atoms with van der Waals surface area (Å²) in [5.74, 6) is -0.0569. The number of amides is 1. The summed E-state index contributed by atoms with van der Waals surface area (Å²) in [6.45, 7) is 8.04. The first-order valence-electron chi connectivity index (χ1n) is 10.1. The normalized spacial score (nSPS) is 11.4. The van der Waals surface area contributed by atoms with E-state index >= 15 is 0 Å². The third-order valence-corrected chi connectivity index (χ3v) is 5.59. The van der Waals surface area contributed by atoms with Crippen LogP contribution in [0.2, 0.25) is 0 Å². The average Bonchev–Trinajstić information content (AvgIpc) is 2.97. The maximum absolute atomic E-state index is 12.2.